The summed E-state index contributed by atoms with van der Waals surface area (Å²) in [6, 6.07) is 5.10. The van der Waals surface area contributed by atoms with Crippen LogP contribution in [0.4, 0.5) is 13.2 Å². The van der Waals surface area contributed by atoms with Gasteiger partial charge in [-0.1, -0.05) is 12.1 Å². The van der Waals surface area contributed by atoms with Gasteiger partial charge in [-0.05, 0) is 55.5 Å². The molecular formula is C16H20ClF3N2O. The van der Waals surface area contributed by atoms with Crippen molar-refractivity contribution in [3.63, 3.8) is 0 Å². The zero-order valence-corrected chi connectivity index (χ0v) is 13.4. The lowest BCUT2D eigenvalue weighted by molar-refractivity contribution is -0.137. The van der Waals surface area contributed by atoms with Crippen LogP contribution in [0.15, 0.2) is 24.3 Å². The Kier molecular flexibility index (Phi) is 5.26. The summed E-state index contributed by atoms with van der Waals surface area (Å²) in [5, 5.41) is 6.06. The van der Waals surface area contributed by atoms with Crippen LogP contribution in [0.3, 0.4) is 0 Å². The van der Waals surface area contributed by atoms with Crippen molar-refractivity contribution in [1.29, 1.82) is 0 Å². The number of piperidine rings is 1. The van der Waals surface area contributed by atoms with Crippen molar-refractivity contribution in [3.8, 4) is 0 Å². The summed E-state index contributed by atoms with van der Waals surface area (Å²) >= 11 is 0. The summed E-state index contributed by atoms with van der Waals surface area (Å²) in [5.74, 6) is -0.000268. The van der Waals surface area contributed by atoms with E-state index in [-0.39, 0.29) is 36.2 Å². The van der Waals surface area contributed by atoms with E-state index in [2.05, 4.69) is 10.6 Å². The minimum atomic E-state index is -4.35. The highest BCUT2D eigenvalue weighted by Gasteiger charge is 2.57. The largest absolute Gasteiger partial charge is 0.416 e. The van der Waals surface area contributed by atoms with Gasteiger partial charge in [0.05, 0.1) is 5.56 Å². The van der Waals surface area contributed by atoms with E-state index in [0.29, 0.717) is 5.56 Å². The summed E-state index contributed by atoms with van der Waals surface area (Å²) in [4.78, 5) is 12.2. The van der Waals surface area contributed by atoms with Crippen LogP contribution in [-0.4, -0.2) is 19.0 Å². The quantitative estimate of drug-likeness (QED) is 0.881. The lowest BCUT2D eigenvalue weighted by Crippen LogP contribution is -2.33. The van der Waals surface area contributed by atoms with Gasteiger partial charge in [-0.25, -0.2) is 0 Å². The second kappa shape index (κ2) is 6.69. The summed E-state index contributed by atoms with van der Waals surface area (Å²) in [6.07, 6.45) is -1.43. The first-order valence-electron chi connectivity index (χ1n) is 7.55. The Morgan fingerprint density at radius 1 is 1.30 bits per heavy atom. The molecule has 1 saturated carbocycles. The number of amides is 1. The number of alkyl halides is 3. The van der Waals surface area contributed by atoms with Crippen molar-refractivity contribution in [3.05, 3.63) is 35.4 Å². The molecule has 3 nitrogen and oxygen atoms in total. The molecule has 0 aromatic heterocycles. The summed E-state index contributed by atoms with van der Waals surface area (Å²) in [6.45, 7) is 2.03. The molecule has 0 radical (unpaired) electrons. The van der Waals surface area contributed by atoms with E-state index < -0.39 is 11.7 Å². The molecule has 1 aromatic carbocycles. The molecule has 23 heavy (non-hydrogen) atoms. The molecule has 1 saturated heterocycles. The number of hydrogen-bond acceptors (Lipinski definition) is 2. The van der Waals surface area contributed by atoms with Gasteiger partial charge in [-0.2, -0.15) is 13.2 Å². The molecule has 0 bridgehead atoms. The fourth-order valence-electron chi connectivity index (χ4n) is 3.37. The fourth-order valence-corrected chi connectivity index (χ4v) is 3.37. The van der Waals surface area contributed by atoms with Gasteiger partial charge >= 0.3 is 6.18 Å². The maximum Gasteiger partial charge on any atom is 0.416 e. The average molecular weight is 349 g/mol. The third kappa shape index (κ3) is 3.98. The van der Waals surface area contributed by atoms with Crippen molar-refractivity contribution < 1.29 is 18.0 Å². The summed E-state index contributed by atoms with van der Waals surface area (Å²) in [7, 11) is 0. The van der Waals surface area contributed by atoms with E-state index in [9.17, 15) is 18.0 Å². The standard InChI is InChI=1S/C16H19F3N2O.ClH/c17-16(18,19)12-3-1-2-11(8-12)10-21-14(22)13-9-15(13)4-6-20-7-5-15;/h1-3,8,13,20H,4-7,9-10H2,(H,21,22);1H. The topological polar surface area (TPSA) is 41.1 Å². The molecular weight excluding hydrogens is 329 g/mol. The Morgan fingerprint density at radius 2 is 2.00 bits per heavy atom. The smallest absolute Gasteiger partial charge is 0.352 e. The van der Waals surface area contributed by atoms with Gasteiger partial charge in [0.15, 0.2) is 0 Å². The van der Waals surface area contributed by atoms with Crippen LogP contribution in [-0.2, 0) is 17.5 Å². The Bertz CT molecular complexity index is 571. The molecule has 1 aromatic rings. The third-order valence-corrected chi connectivity index (χ3v) is 4.83. The Balaban J connectivity index is 0.00000192. The molecule has 1 amide bonds. The highest BCUT2D eigenvalue weighted by molar-refractivity contribution is 5.85. The number of carbonyl (C=O) groups excluding carboxylic acids is 1. The normalized spacial score (nSPS) is 22.3. The second-order valence-corrected chi connectivity index (χ2v) is 6.29. The third-order valence-electron chi connectivity index (χ3n) is 4.83. The number of rotatable bonds is 3. The minimum Gasteiger partial charge on any atom is -0.352 e. The fraction of sp³-hybridized carbons (Fsp3) is 0.562. The lowest BCUT2D eigenvalue weighted by Gasteiger charge is -2.23. The Labute approximate surface area is 139 Å². The maximum absolute atomic E-state index is 12.7. The van der Waals surface area contributed by atoms with Gasteiger partial charge in [-0.3, -0.25) is 4.79 Å². The molecule has 1 heterocycles. The minimum absolute atomic E-state index is 0. The van der Waals surface area contributed by atoms with Gasteiger partial charge in [0.25, 0.3) is 0 Å². The van der Waals surface area contributed by atoms with Crippen molar-refractivity contribution in [1.82, 2.24) is 10.6 Å². The van der Waals surface area contributed by atoms with Crippen LogP contribution in [0.2, 0.25) is 0 Å². The second-order valence-electron chi connectivity index (χ2n) is 6.29. The number of hydrogen-bond donors (Lipinski definition) is 2. The molecule has 1 spiro atoms. The first-order chi connectivity index (χ1) is 10.4. The van der Waals surface area contributed by atoms with Crippen LogP contribution in [0.1, 0.15) is 30.4 Å². The molecule has 3 rings (SSSR count). The highest BCUT2D eigenvalue weighted by atomic mass is 35.5. The van der Waals surface area contributed by atoms with Gasteiger partial charge < -0.3 is 10.6 Å². The molecule has 128 valence electrons. The first-order valence-corrected chi connectivity index (χ1v) is 7.55. The van der Waals surface area contributed by atoms with Crippen LogP contribution in [0.5, 0.6) is 0 Å². The van der Waals surface area contributed by atoms with Crippen LogP contribution in [0.25, 0.3) is 0 Å². The molecule has 7 heteroatoms. The monoisotopic (exact) mass is 348 g/mol. The highest BCUT2D eigenvalue weighted by Crippen LogP contribution is 2.58. The predicted octanol–water partition coefficient (Wildman–Crippen LogP) is 3.13. The molecule has 1 unspecified atom stereocenters. The SMILES string of the molecule is Cl.O=C(NCc1cccc(C(F)(F)F)c1)C1CC12CCNCC2. The summed E-state index contributed by atoms with van der Waals surface area (Å²) in [5.41, 5.74) is -0.0629. The van der Waals surface area contributed by atoms with E-state index in [1.165, 1.54) is 6.07 Å². The number of nitrogens with one attached hydrogen (secondary N) is 2. The molecule has 1 aliphatic heterocycles. The van der Waals surface area contributed by atoms with E-state index in [0.717, 1.165) is 44.5 Å². The van der Waals surface area contributed by atoms with E-state index in [4.69, 9.17) is 0 Å². The Hall–Kier alpha value is -1.27. The van der Waals surface area contributed by atoms with Gasteiger partial charge in [0.2, 0.25) is 5.91 Å². The molecule has 2 fully saturated rings. The van der Waals surface area contributed by atoms with E-state index >= 15 is 0 Å². The van der Waals surface area contributed by atoms with Crippen molar-refractivity contribution in [2.75, 3.05) is 13.1 Å². The summed E-state index contributed by atoms with van der Waals surface area (Å²) < 4.78 is 38.0. The maximum atomic E-state index is 12.7. The zero-order chi connectivity index (χ0) is 15.8. The predicted molar refractivity (Wildman–Crippen MR) is 83.2 cm³/mol. The molecule has 2 aliphatic rings. The van der Waals surface area contributed by atoms with Crippen LogP contribution >= 0.6 is 12.4 Å². The van der Waals surface area contributed by atoms with E-state index in [1.807, 2.05) is 0 Å². The van der Waals surface area contributed by atoms with Crippen molar-refractivity contribution >= 4 is 18.3 Å². The first kappa shape index (κ1) is 18.1. The van der Waals surface area contributed by atoms with Crippen LogP contribution in [0, 0.1) is 11.3 Å². The number of carbonyl (C=O) groups is 1. The molecule has 2 N–H and O–H groups in total. The van der Waals surface area contributed by atoms with Gasteiger partial charge in [0, 0.05) is 12.5 Å². The average Bonchev–Trinajstić information content (AvgIpc) is 3.18. The lowest BCUT2D eigenvalue weighted by atomic mass is 9.92. The Morgan fingerprint density at radius 3 is 2.65 bits per heavy atom. The van der Waals surface area contributed by atoms with Gasteiger partial charge in [-0.15, -0.1) is 12.4 Å². The van der Waals surface area contributed by atoms with E-state index in [1.54, 1.807) is 6.07 Å². The zero-order valence-electron chi connectivity index (χ0n) is 12.6. The van der Waals surface area contributed by atoms with Gasteiger partial charge in [0.1, 0.15) is 0 Å². The number of halogens is 4. The van der Waals surface area contributed by atoms with Crippen molar-refractivity contribution in [2.45, 2.75) is 32.0 Å². The molecule has 1 atom stereocenters. The van der Waals surface area contributed by atoms with Crippen LogP contribution < -0.4 is 10.6 Å². The molecule has 1 aliphatic carbocycles. The van der Waals surface area contributed by atoms with Crippen molar-refractivity contribution in [2.24, 2.45) is 11.3 Å². The number of benzene rings is 1.